The standard InChI is InChI=1S/C24H24ClNO3/c25-22-5-1-4-21(15-22)23(27)16-26-14-2-3-17-6-8-18(9-7-17)19-10-12-20(13-11-19)24(28)29/h1,4-13,15,23,26-27H,2-3,14,16H2,(H,28,29)/t23-/m0/s1. The molecule has 0 fully saturated rings. The van der Waals surface area contributed by atoms with E-state index in [-0.39, 0.29) is 0 Å². The minimum Gasteiger partial charge on any atom is -0.478 e. The molecule has 0 spiro atoms. The maximum Gasteiger partial charge on any atom is 0.335 e. The summed E-state index contributed by atoms with van der Waals surface area (Å²) in [6, 6.07) is 22.5. The highest BCUT2D eigenvalue weighted by molar-refractivity contribution is 6.30. The lowest BCUT2D eigenvalue weighted by Gasteiger charge is -2.12. The highest BCUT2D eigenvalue weighted by Crippen LogP contribution is 2.21. The first-order valence-corrected chi connectivity index (χ1v) is 9.97. The molecule has 29 heavy (non-hydrogen) atoms. The minimum absolute atomic E-state index is 0.290. The van der Waals surface area contributed by atoms with Gasteiger partial charge in [-0.2, -0.15) is 0 Å². The molecule has 0 amide bonds. The third kappa shape index (κ3) is 6.16. The quantitative estimate of drug-likeness (QED) is 0.437. The maximum atomic E-state index is 10.9. The van der Waals surface area contributed by atoms with Gasteiger partial charge in [-0.1, -0.05) is 60.1 Å². The number of rotatable bonds is 9. The molecule has 3 N–H and O–H groups in total. The van der Waals surface area contributed by atoms with E-state index in [1.54, 1.807) is 24.3 Å². The Morgan fingerprint density at radius 1 is 0.966 bits per heavy atom. The summed E-state index contributed by atoms with van der Waals surface area (Å²) in [5.74, 6) is -0.916. The SMILES string of the molecule is O=C(O)c1ccc(-c2ccc(CCCNC[C@H](O)c3cccc(Cl)c3)cc2)cc1. The van der Waals surface area contributed by atoms with Gasteiger partial charge in [-0.05, 0) is 65.9 Å². The molecular weight excluding hydrogens is 386 g/mol. The lowest BCUT2D eigenvalue weighted by Crippen LogP contribution is -2.22. The second-order valence-corrected chi connectivity index (χ2v) is 7.39. The van der Waals surface area contributed by atoms with Crippen molar-refractivity contribution in [2.45, 2.75) is 18.9 Å². The van der Waals surface area contributed by atoms with Crippen molar-refractivity contribution < 1.29 is 15.0 Å². The van der Waals surface area contributed by atoms with Crippen LogP contribution in [0.5, 0.6) is 0 Å². The number of carboxylic acids is 1. The molecule has 0 aliphatic rings. The molecule has 3 aromatic carbocycles. The first-order valence-electron chi connectivity index (χ1n) is 9.60. The van der Waals surface area contributed by atoms with Crippen LogP contribution in [0.2, 0.25) is 5.02 Å². The topological polar surface area (TPSA) is 69.6 Å². The molecule has 0 heterocycles. The molecule has 0 aliphatic heterocycles. The number of hydrogen-bond acceptors (Lipinski definition) is 3. The van der Waals surface area contributed by atoms with Gasteiger partial charge in [-0.15, -0.1) is 0 Å². The van der Waals surface area contributed by atoms with Gasteiger partial charge in [0.25, 0.3) is 0 Å². The zero-order chi connectivity index (χ0) is 20.6. The van der Waals surface area contributed by atoms with Gasteiger partial charge in [0, 0.05) is 11.6 Å². The summed E-state index contributed by atoms with van der Waals surface area (Å²) < 4.78 is 0. The number of aliphatic hydroxyl groups is 1. The largest absolute Gasteiger partial charge is 0.478 e. The van der Waals surface area contributed by atoms with Gasteiger partial charge in [0.05, 0.1) is 11.7 Å². The summed E-state index contributed by atoms with van der Waals surface area (Å²) >= 11 is 5.96. The van der Waals surface area contributed by atoms with Gasteiger partial charge in [-0.25, -0.2) is 4.79 Å². The van der Waals surface area contributed by atoms with Crippen LogP contribution >= 0.6 is 11.6 Å². The fraction of sp³-hybridized carbons (Fsp3) is 0.208. The van der Waals surface area contributed by atoms with Crippen molar-refractivity contribution in [1.82, 2.24) is 5.32 Å². The molecule has 150 valence electrons. The highest BCUT2D eigenvalue weighted by atomic mass is 35.5. The van der Waals surface area contributed by atoms with Gasteiger partial charge in [-0.3, -0.25) is 0 Å². The van der Waals surface area contributed by atoms with Crippen molar-refractivity contribution in [2.75, 3.05) is 13.1 Å². The number of halogens is 1. The van der Waals surface area contributed by atoms with E-state index in [9.17, 15) is 9.90 Å². The van der Waals surface area contributed by atoms with Crippen molar-refractivity contribution in [1.29, 1.82) is 0 Å². The third-order valence-electron chi connectivity index (χ3n) is 4.81. The van der Waals surface area contributed by atoms with Crippen molar-refractivity contribution >= 4 is 17.6 Å². The van der Waals surface area contributed by atoms with E-state index in [1.165, 1.54) is 5.56 Å². The second-order valence-electron chi connectivity index (χ2n) is 6.96. The van der Waals surface area contributed by atoms with Crippen molar-refractivity contribution in [3.05, 3.63) is 94.5 Å². The normalized spacial score (nSPS) is 11.9. The number of benzene rings is 3. The smallest absolute Gasteiger partial charge is 0.335 e. The molecule has 3 aromatic rings. The van der Waals surface area contributed by atoms with Crippen molar-refractivity contribution in [3.8, 4) is 11.1 Å². The first-order chi connectivity index (χ1) is 14.0. The van der Waals surface area contributed by atoms with Crippen LogP contribution in [0.15, 0.2) is 72.8 Å². The van der Waals surface area contributed by atoms with Crippen molar-refractivity contribution in [2.24, 2.45) is 0 Å². The van der Waals surface area contributed by atoms with Gasteiger partial charge in [0.1, 0.15) is 0 Å². The van der Waals surface area contributed by atoms with Gasteiger partial charge >= 0.3 is 5.97 Å². The fourth-order valence-corrected chi connectivity index (χ4v) is 3.36. The van der Waals surface area contributed by atoms with E-state index in [0.717, 1.165) is 36.1 Å². The second kappa shape index (κ2) is 10.2. The number of aliphatic hydroxyl groups excluding tert-OH is 1. The van der Waals surface area contributed by atoms with Crippen LogP contribution in [0, 0.1) is 0 Å². The van der Waals surface area contributed by atoms with Crippen LogP contribution in [0.4, 0.5) is 0 Å². The van der Waals surface area contributed by atoms with E-state index in [0.29, 0.717) is 17.1 Å². The van der Waals surface area contributed by atoms with E-state index in [1.807, 2.05) is 24.3 Å². The molecule has 0 aromatic heterocycles. The molecule has 5 heteroatoms. The van der Waals surface area contributed by atoms with Crippen LogP contribution in [0.25, 0.3) is 11.1 Å². The van der Waals surface area contributed by atoms with E-state index in [4.69, 9.17) is 16.7 Å². The molecule has 0 bridgehead atoms. The number of carboxylic acid groups (broad SMARTS) is 1. The summed E-state index contributed by atoms with van der Waals surface area (Å²) in [5.41, 5.74) is 4.41. The molecule has 3 rings (SSSR count). The lowest BCUT2D eigenvalue weighted by atomic mass is 10.0. The Hall–Kier alpha value is -2.66. The lowest BCUT2D eigenvalue weighted by molar-refractivity contribution is 0.0697. The summed E-state index contributed by atoms with van der Waals surface area (Å²) in [4.78, 5) is 10.9. The Bertz CT molecular complexity index is 939. The zero-order valence-corrected chi connectivity index (χ0v) is 16.8. The van der Waals surface area contributed by atoms with Gasteiger partial charge < -0.3 is 15.5 Å². The molecule has 1 atom stereocenters. The average Bonchev–Trinajstić information content (AvgIpc) is 2.74. The average molecular weight is 410 g/mol. The van der Waals surface area contributed by atoms with E-state index in [2.05, 4.69) is 29.6 Å². The molecular formula is C24H24ClNO3. The van der Waals surface area contributed by atoms with Crippen LogP contribution in [0.1, 0.15) is 34.0 Å². The van der Waals surface area contributed by atoms with Crippen LogP contribution in [-0.4, -0.2) is 29.3 Å². The predicted octanol–water partition coefficient (Wildman–Crippen LogP) is 4.96. The van der Waals surface area contributed by atoms with Crippen LogP contribution in [-0.2, 0) is 6.42 Å². The molecule has 0 radical (unpaired) electrons. The molecule has 4 nitrogen and oxygen atoms in total. The molecule has 0 saturated carbocycles. The Kier molecular flexibility index (Phi) is 7.42. The number of aryl methyl sites for hydroxylation is 1. The zero-order valence-electron chi connectivity index (χ0n) is 16.0. The first kappa shape index (κ1) is 21.1. The maximum absolute atomic E-state index is 10.9. The summed E-state index contributed by atoms with van der Waals surface area (Å²) in [7, 11) is 0. The van der Waals surface area contributed by atoms with E-state index >= 15 is 0 Å². The third-order valence-corrected chi connectivity index (χ3v) is 5.04. The Labute approximate surface area is 175 Å². The Balaban J connectivity index is 1.43. The molecule has 0 aliphatic carbocycles. The van der Waals surface area contributed by atoms with Gasteiger partial charge in [0.2, 0.25) is 0 Å². The number of carbonyl (C=O) groups is 1. The predicted molar refractivity (Wildman–Crippen MR) is 116 cm³/mol. The molecule has 0 unspecified atom stereocenters. The number of hydrogen-bond donors (Lipinski definition) is 3. The summed E-state index contributed by atoms with van der Waals surface area (Å²) in [5, 5.41) is 23.1. The number of nitrogens with one attached hydrogen (secondary N) is 1. The summed E-state index contributed by atoms with van der Waals surface area (Å²) in [6.45, 7) is 1.31. The van der Waals surface area contributed by atoms with Crippen molar-refractivity contribution in [3.63, 3.8) is 0 Å². The van der Waals surface area contributed by atoms with Gasteiger partial charge in [0.15, 0.2) is 0 Å². The minimum atomic E-state index is -0.916. The highest BCUT2D eigenvalue weighted by Gasteiger charge is 2.07. The summed E-state index contributed by atoms with van der Waals surface area (Å²) in [6.07, 6.45) is 1.34. The monoisotopic (exact) mass is 409 g/mol. The number of aromatic carboxylic acids is 1. The van der Waals surface area contributed by atoms with Crippen LogP contribution < -0.4 is 5.32 Å². The van der Waals surface area contributed by atoms with Crippen LogP contribution in [0.3, 0.4) is 0 Å². The fourth-order valence-electron chi connectivity index (χ4n) is 3.16. The Morgan fingerprint density at radius 3 is 2.24 bits per heavy atom. The Morgan fingerprint density at radius 2 is 1.62 bits per heavy atom. The molecule has 0 saturated heterocycles. The van der Waals surface area contributed by atoms with E-state index < -0.39 is 12.1 Å².